The number of thiocarbonyl (C=S) groups is 1. The summed E-state index contributed by atoms with van der Waals surface area (Å²) in [5.74, 6) is 0. The molecule has 0 saturated heterocycles. The molecule has 0 unspecified atom stereocenters. The zero-order valence-electron chi connectivity index (χ0n) is 2.43. The molecule has 0 aliphatic rings. The monoisotopic (exact) mass is 101 g/mol. The molecular formula is CH2NaS2+. The Hall–Kier alpha value is 1.44. The summed E-state index contributed by atoms with van der Waals surface area (Å²) in [5.41, 5.74) is 0. The van der Waals surface area contributed by atoms with Gasteiger partial charge in [-0.15, -0.1) is 12.6 Å². The second kappa shape index (κ2) is 8.83. The second-order valence-corrected chi connectivity index (χ2v) is 0.949. The largest absolute Gasteiger partial charge is 1.00 e. The van der Waals surface area contributed by atoms with Crippen LogP contribution in [0.1, 0.15) is 0 Å². The molecule has 18 valence electrons. The maximum Gasteiger partial charge on any atom is 1.00 e. The molecule has 0 heterocycles. The molecule has 0 bridgehead atoms. The summed E-state index contributed by atoms with van der Waals surface area (Å²) in [6, 6.07) is 0. The third-order valence-corrected chi connectivity index (χ3v) is 0. The van der Waals surface area contributed by atoms with Gasteiger partial charge in [0.25, 0.3) is 0 Å². The van der Waals surface area contributed by atoms with Crippen molar-refractivity contribution in [1.29, 1.82) is 0 Å². The summed E-state index contributed by atoms with van der Waals surface area (Å²) in [6.07, 6.45) is 0. The number of hydrogen-bond acceptors (Lipinski definition) is 1. The Morgan fingerprint density at radius 1 is 1.75 bits per heavy atom. The van der Waals surface area contributed by atoms with Crippen LogP contribution in [0.4, 0.5) is 0 Å². The summed E-state index contributed by atoms with van der Waals surface area (Å²) in [5, 5.41) is 0. The average molecular weight is 101 g/mol. The van der Waals surface area contributed by atoms with E-state index in [4.69, 9.17) is 0 Å². The molecule has 0 spiro atoms. The van der Waals surface area contributed by atoms with E-state index in [0.29, 0.717) is 0 Å². The van der Waals surface area contributed by atoms with Crippen molar-refractivity contribution in [2.45, 2.75) is 0 Å². The van der Waals surface area contributed by atoms with Crippen LogP contribution < -0.4 is 29.6 Å². The van der Waals surface area contributed by atoms with Gasteiger partial charge >= 0.3 is 29.6 Å². The molecule has 0 aliphatic carbocycles. The van der Waals surface area contributed by atoms with Gasteiger partial charge in [0, 0.05) is 4.70 Å². The fourth-order valence-corrected chi connectivity index (χ4v) is 0. The SMILES string of the molecule is S=CS.[Na+]. The van der Waals surface area contributed by atoms with E-state index in [1.807, 2.05) is 0 Å². The van der Waals surface area contributed by atoms with Gasteiger partial charge in [-0.05, 0) is 0 Å². The van der Waals surface area contributed by atoms with E-state index in [-0.39, 0.29) is 29.6 Å². The molecule has 0 aromatic carbocycles. The molecule has 3 heteroatoms. The Bertz CT molecular complexity index is 13.5. The molecule has 0 rings (SSSR count). The van der Waals surface area contributed by atoms with Crippen molar-refractivity contribution in [2.24, 2.45) is 0 Å². The molecule has 0 N–H and O–H groups in total. The van der Waals surface area contributed by atoms with E-state index in [1.54, 1.807) is 0 Å². The third-order valence-electron chi connectivity index (χ3n) is 0. The zero-order chi connectivity index (χ0) is 2.71. The van der Waals surface area contributed by atoms with Crippen molar-refractivity contribution in [2.75, 3.05) is 0 Å². The van der Waals surface area contributed by atoms with Gasteiger partial charge in [0.2, 0.25) is 0 Å². The van der Waals surface area contributed by atoms with Crippen LogP contribution in [-0.2, 0) is 0 Å². The number of hydrogen-bond donors (Lipinski definition) is 1. The average Bonchev–Trinajstić information content (AvgIpc) is 0.918. The van der Waals surface area contributed by atoms with Crippen LogP contribution in [0.3, 0.4) is 0 Å². The zero-order valence-corrected chi connectivity index (χ0v) is 6.14. The van der Waals surface area contributed by atoms with Gasteiger partial charge in [-0.2, -0.15) is 0 Å². The van der Waals surface area contributed by atoms with Crippen molar-refractivity contribution < 1.29 is 29.6 Å². The Morgan fingerprint density at radius 2 is 1.75 bits per heavy atom. The fraction of sp³-hybridized carbons (Fsp3) is 0. The Balaban J connectivity index is 0. The molecule has 0 nitrogen and oxygen atoms in total. The van der Waals surface area contributed by atoms with Gasteiger partial charge in [0.05, 0.1) is 0 Å². The first kappa shape index (κ1) is 9.06. The molecule has 0 atom stereocenters. The van der Waals surface area contributed by atoms with E-state index in [2.05, 4.69) is 24.8 Å². The van der Waals surface area contributed by atoms with Gasteiger partial charge in [0.15, 0.2) is 0 Å². The van der Waals surface area contributed by atoms with Gasteiger partial charge < -0.3 is 0 Å². The van der Waals surface area contributed by atoms with Crippen LogP contribution in [0.15, 0.2) is 0 Å². The topological polar surface area (TPSA) is 0 Å². The predicted molar refractivity (Wildman–Crippen MR) is 22.6 cm³/mol. The van der Waals surface area contributed by atoms with Crippen LogP contribution in [0, 0.1) is 0 Å². The quantitative estimate of drug-likeness (QED) is 0.207. The maximum atomic E-state index is 4.13. The van der Waals surface area contributed by atoms with Crippen LogP contribution in [0.5, 0.6) is 0 Å². The second-order valence-electron chi connectivity index (χ2n) is 0.105. The molecule has 0 fully saturated rings. The van der Waals surface area contributed by atoms with Crippen LogP contribution in [-0.4, -0.2) is 4.70 Å². The molecule has 0 radical (unpaired) electrons. The molecule has 0 aromatic heterocycles. The summed E-state index contributed by atoms with van der Waals surface area (Å²) >= 11 is 7.61. The van der Waals surface area contributed by atoms with E-state index < -0.39 is 0 Å². The summed E-state index contributed by atoms with van der Waals surface area (Å²) in [7, 11) is 0. The fourth-order valence-electron chi connectivity index (χ4n) is 0. The van der Waals surface area contributed by atoms with E-state index in [9.17, 15) is 0 Å². The standard InChI is InChI=1S/CH2S2.Na/c2-1-3;/h1H,(H,2,3);/q;+1. The summed E-state index contributed by atoms with van der Waals surface area (Å²) in [6.45, 7) is 0. The maximum absolute atomic E-state index is 4.13. The predicted octanol–water partition coefficient (Wildman–Crippen LogP) is -2.12. The molecule has 0 aromatic rings. The molecule has 0 saturated carbocycles. The minimum Gasteiger partial charge on any atom is -0.140 e. The Morgan fingerprint density at radius 3 is 1.75 bits per heavy atom. The number of thiol groups is 1. The van der Waals surface area contributed by atoms with Crippen molar-refractivity contribution in [1.82, 2.24) is 0 Å². The van der Waals surface area contributed by atoms with Crippen molar-refractivity contribution >= 4 is 29.5 Å². The van der Waals surface area contributed by atoms with Crippen LogP contribution in [0.2, 0.25) is 0 Å². The smallest absolute Gasteiger partial charge is 0.140 e. The third kappa shape index (κ3) is 9.88. The van der Waals surface area contributed by atoms with E-state index >= 15 is 0 Å². The van der Waals surface area contributed by atoms with Gasteiger partial charge in [-0.3, -0.25) is 0 Å². The van der Waals surface area contributed by atoms with E-state index in [0.717, 1.165) is 0 Å². The van der Waals surface area contributed by atoms with E-state index in [1.165, 1.54) is 4.70 Å². The van der Waals surface area contributed by atoms with Crippen molar-refractivity contribution in [3.63, 3.8) is 0 Å². The van der Waals surface area contributed by atoms with Gasteiger partial charge in [-0.25, -0.2) is 0 Å². The molecule has 0 aliphatic heterocycles. The normalized spacial score (nSPS) is 3.25. The first-order valence-corrected chi connectivity index (χ1v) is 1.48. The number of rotatable bonds is 0. The van der Waals surface area contributed by atoms with Crippen molar-refractivity contribution in [3.05, 3.63) is 0 Å². The van der Waals surface area contributed by atoms with Crippen molar-refractivity contribution in [3.8, 4) is 0 Å². The van der Waals surface area contributed by atoms with Gasteiger partial charge in [0.1, 0.15) is 0 Å². The van der Waals surface area contributed by atoms with Gasteiger partial charge in [-0.1, -0.05) is 12.2 Å². The minimum atomic E-state index is 0. The molecular weight excluding hydrogens is 99.1 g/mol. The minimum absolute atomic E-state index is 0. The van der Waals surface area contributed by atoms with Crippen LogP contribution in [0.25, 0.3) is 0 Å². The first-order chi connectivity index (χ1) is 1.41. The summed E-state index contributed by atoms with van der Waals surface area (Å²) < 4.78 is 1.28. The molecule has 4 heavy (non-hydrogen) atoms. The summed E-state index contributed by atoms with van der Waals surface area (Å²) in [4.78, 5) is 0. The Kier molecular flexibility index (Phi) is 20.0. The first-order valence-electron chi connectivity index (χ1n) is 0.494. The van der Waals surface area contributed by atoms with Crippen LogP contribution >= 0.6 is 24.8 Å². The Labute approximate surface area is 58.7 Å². The molecule has 0 amide bonds.